The van der Waals surface area contributed by atoms with E-state index in [4.69, 9.17) is 5.73 Å². The topological polar surface area (TPSA) is 38.9 Å². The zero-order chi connectivity index (χ0) is 11.5. The summed E-state index contributed by atoms with van der Waals surface area (Å²) in [6.45, 7) is 4.22. The summed E-state index contributed by atoms with van der Waals surface area (Å²) in [5, 5.41) is 0. The molecule has 2 N–H and O–H groups in total. The zero-order valence-electron chi connectivity index (χ0n) is 9.64. The van der Waals surface area contributed by atoms with Crippen LogP contribution in [-0.4, -0.2) is 4.98 Å². The predicted octanol–water partition coefficient (Wildman–Crippen LogP) is 2.75. The number of benzene rings is 1. The van der Waals surface area contributed by atoms with Crippen molar-refractivity contribution in [2.45, 2.75) is 19.9 Å². The van der Waals surface area contributed by atoms with Crippen molar-refractivity contribution in [2.24, 2.45) is 5.73 Å². The van der Waals surface area contributed by atoms with Gasteiger partial charge in [0.25, 0.3) is 0 Å². The molecule has 0 aliphatic rings. The zero-order valence-corrected chi connectivity index (χ0v) is 9.64. The van der Waals surface area contributed by atoms with Crippen molar-refractivity contribution in [1.82, 2.24) is 4.98 Å². The summed E-state index contributed by atoms with van der Waals surface area (Å²) in [5.41, 5.74) is 11.0. The van der Waals surface area contributed by atoms with Crippen LogP contribution in [0.15, 0.2) is 42.7 Å². The number of hydrogen-bond donors (Lipinski definition) is 1. The van der Waals surface area contributed by atoms with Crippen molar-refractivity contribution < 1.29 is 0 Å². The largest absolute Gasteiger partial charge is 0.320 e. The molecule has 1 aromatic carbocycles. The summed E-state index contributed by atoms with van der Waals surface area (Å²) >= 11 is 0. The summed E-state index contributed by atoms with van der Waals surface area (Å²) in [4.78, 5) is 4.00. The lowest BCUT2D eigenvalue weighted by atomic mass is 9.97. The standard InChI is InChI=1S/C14H16N2/c1-10-3-4-13(9-11(10)2)14(15)12-5-7-16-8-6-12/h3-9,14H,15H2,1-2H3/t14-/m0/s1. The molecule has 0 bridgehead atoms. The monoisotopic (exact) mass is 212 g/mol. The Kier molecular flexibility index (Phi) is 3.02. The van der Waals surface area contributed by atoms with Gasteiger partial charge in [0.05, 0.1) is 6.04 Å². The Labute approximate surface area is 96.1 Å². The predicted molar refractivity (Wildman–Crippen MR) is 66.2 cm³/mol. The molecule has 82 valence electrons. The fourth-order valence-electron chi connectivity index (χ4n) is 1.72. The van der Waals surface area contributed by atoms with Crippen molar-refractivity contribution in [3.8, 4) is 0 Å². The third kappa shape index (κ3) is 2.12. The Morgan fingerprint density at radius 3 is 2.25 bits per heavy atom. The van der Waals surface area contributed by atoms with E-state index in [1.165, 1.54) is 11.1 Å². The van der Waals surface area contributed by atoms with Gasteiger partial charge in [0.15, 0.2) is 0 Å². The number of hydrogen-bond acceptors (Lipinski definition) is 2. The highest BCUT2D eigenvalue weighted by molar-refractivity contribution is 5.36. The fourth-order valence-corrected chi connectivity index (χ4v) is 1.72. The van der Waals surface area contributed by atoms with E-state index in [0.29, 0.717) is 0 Å². The molecular formula is C14H16N2. The molecule has 2 heteroatoms. The van der Waals surface area contributed by atoms with E-state index in [1.807, 2.05) is 12.1 Å². The maximum atomic E-state index is 6.21. The molecule has 0 unspecified atom stereocenters. The van der Waals surface area contributed by atoms with Crippen LogP contribution < -0.4 is 5.73 Å². The fraction of sp³-hybridized carbons (Fsp3) is 0.214. The number of rotatable bonds is 2. The van der Waals surface area contributed by atoms with E-state index in [1.54, 1.807) is 12.4 Å². The van der Waals surface area contributed by atoms with Crippen molar-refractivity contribution in [2.75, 3.05) is 0 Å². The lowest BCUT2D eigenvalue weighted by Crippen LogP contribution is -2.12. The second-order valence-electron chi connectivity index (χ2n) is 4.10. The highest BCUT2D eigenvalue weighted by Crippen LogP contribution is 2.21. The van der Waals surface area contributed by atoms with Crippen LogP contribution in [-0.2, 0) is 0 Å². The highest BCUT2D eigenvalue weighted by Gasteiger charge is 2.08. The molecule has 0 aliphatic carbocycles. The molecule has 2 nitrogen and oxygen atoms in total. The van der Waals surface area contributed by atoms with Crippen LogP contribution in [0.3, 0.4) is 0 Å². The van der Waals surface area contributed by atoms with Gasteiger partial charge in [-0.2, -0.15) is 0 Å². The molecule has 2 rings (SSSR count). The van der Waals surface area contributed by atoms with E-state index in [2.05, 4.69) is 37.0 Å². The summed E-state index contributed by atoms with van der Waals surface area (Å²) < 4.78 is 0. The minimum absolute atomic E-state index is 0.0673. The highest BCUT2D eigenvalue weighted by atomic mass is 14.7. The van der Waals surface area contributed by atoms with Crippen LogP contribution in [0.1, 0.15) is 28.3 Å². The molecule has 0 saturated carbocycles. The normalized spacial score (nSPS) is 12.4. The number of nitrogens with zero attached hydrogens (tertiary/aromatic N) is 1. The Morgan fingerprint density at radius 1 is 0.938 bits per heavy atom. The van der Waals surface area contributed by atoms with E-state index in [0.717, 1.165) is 11.1 Å². The van der Waals surface area contributed by atoms with Gasteiger partial charge in [0, 0.05) is 12.4 Å². The van der Waals surface area contributed by atoms with Crippen LogP contribution in [0.5, 0.6) is 0 Å². The second kappa shape index (κ2) is 4.45. The maximum absolute atomic E-state index is 6.21. The maximum Gasteiger partial charge on any atom is 0.0552 e. The molecule has 0 aliphatic heterocycles. The Hall–Kier alpha value is -1.67. The van der Waals surface area contributed by atoms with Gasteiger partial charge < -0.3 is 5.73 Å². The molecule has 1 aromatic heterocycles. The van der Waals surface area contributed by atoms with Crippen molar-refractivity contribution >= 4 is 0 Å². The first-order valence-electron chi connectivity index (χ1n) is 5.41. The van der Waals surface area contributed by atoms with Gasteiger partial charge in [-0.25, -0.2) is 0 Å². The van der Waals surface area contributed by atoms with Crippen molar-refractivity contribution in [3.05, 3.63) is 65.0 Å². The van der Waals surface area contributed by atoms with Gasteiger partial charge in [-0.15, -0.1) is 0 Å². The first kappa shape index (κ1) is 10.8. The van der Waals surface area contributed by atoms with E-state index in [9.17, 15) is 0 Å². The molecule has 0 amide bonds. The van der Waals surface area contributed by atoms with E-state index >= 15 is 0 Å². The molecule has 0 radical (unpaired) electrons. The van der Waals surface area contributed by atoms with Gasteiger partial charge in [0.2, 0.25) is 0 Å². The van der Waals surface area contributed by atoms with Crippen LogP contribution in [0.4, 0.5) is 0 Å². The Morgan fingerprint density at radius 2 is 1.62 bits per heavy atom. The van der Waals surface area contributed by atoms with Crippen LogP contribution in [0.2, 0.25) is 0 Å². The summed E-state index contributed by atoms with van der Waals surface area (Å²) in [6.07, 6.45) is 3.55. The Balaban J connectivity index is 2.34. The summed E-state index contributed by atoms with van der Waals surface area (Å²) in [5.74, 6) is 0. The lowest BCUT2D eigenvalue weighted by molar-refractivity contribution is 0.865. The average Bonchev–Trinajstić information content (AvgIpc) is 2.33. The molecule has 1 atom stereocenters. The lowest BCUT2D eigenvalue weighted by Gasteiger charge is -2.13. The van der Waals surface area contributed by atoms with Gasteiger partial charge in [-0.3, -0.25) is 4.98 Å². The van der Waals surface area contributed by atoms with Gasteiger partial charge in [-0.1, -0.05) is 18.2 Å². The molecule has 0 spiro atoms. The Bertz CT molecular complexity index is 477. The number of aryl methyl sites for hydroxylation is 2. The van der Waals surface area contributed by atoms with Gasteiger partial charge in [-0.05, 0) is 48.2 Å². The summed E-state index contributed by atoms with van der Waals surface area (Å²) in [6, 6.07) is 10.2. The van der Waals surface area contributed by atoms with Crippen molar-refractivity contribution in [3.63, 3.8) is 0 Å². The van der Waals surface area contributed by atoms with Crippen LogP contribution in [0, 0.1) is 13.8 Å². The smallest absolute Gasteiger partial charge is 0.0552 e. The van der Waals surface area contributed by atoms with Gasteiger partial charge in [0.1, 0.15) is 0 Å². The molecule has 0 saturated heterocycles. The third-order valence-electron chi connectivity index (χ3n) is 2.96. The first-order valence-corrected chi connectivity index (χ1v) is 5.41. The number of pyridine rings is 1. The van der Waals surface area contributed by atoms with Crippen LogP contribution >= 0.6 is 0 Å². The van der Waals surface area contributed by atoms with Gasteiger partial charge >= 0.3 is 0 Å². The number of nitrogens with two attached hydrogens (primary N) is 1. The minimum Gasteiger partial charge on any atom is -0.320 e. The quantitative estimate of drug-likeness (QED) is 0.831. The van der Waals surface area contributed by atoms with E-state index < -0.39 is 0 Å². The second-order valence-corrected chi connectivity index (χ2v) is 4.10. The first-order chi connectivity index (χ1) is 7.68. The van der Waals surface area contributed by atoms with E-state index in [-0.39, 0.29) is 6.04 Å². The number of aromatic nitrogens is 1. The summed E-state index contributed by atoms with van der Waals surface area (Å²) in [7, 11) is 0. The minimum atomic E-state index is -0.0673. The van der Waals surface area contributed by atoms with Crippen molar-refractivity contribution in [1.29, 1.82) is 0 Å². The molecule has 1 heterocycles. The molecule has 0 fully saturated rings. The van der Waals surface area contributed by atoms with Crippen LogP contribution in [0.25, 0.3) is 0 Å². The average molecular weight is 212 g/mol. The SMILES string of the molecule is Cc1ccc([C@@H](N)c2ccncc2)cc1C. The molecule has 2 aromatic rings. The molecular weight excluding hydrogens is 196 g/mol. The third-order valence-corrected chi connectivity index (χ3v) is 2.96. The molecule has 16 heavy (non-hydrogen) atoms.